The SMILES string of the molecule is CCC(C)CCCCCCCCCCCCC(=O)OC[C@@H](COC(=O)CCCCCCCCC(C)C)OC(=O)CCCCCCCCCCCCCCCC(C)C. The molecule has 0 aromatic rings. The van der Waals surface area contributed by atoms with Gasteiger partial charge in [0.25, 0.3) is 0 Å². The first-order valence-electron chi connectivity index (χ1n) is 25.1. The van der Waals surface area contributed by atoms with E-state index in [4.69, 9.17) is 14.2 Å². The topological polar surface area (TPSA) is 78.9 Å². The Bertz CT molecular complexity index is 885. The number of carbonyl (C=O) groups excluding carboxylic acids is 3. The summed E-state index contributed by atoms with van der Waals surface area (Å²) in [6.07, 6.45) is 40.9. The van der Waals surface area contributed by atoms with Gasteiger partial charge in [0.05, 0.1) is 0 Å². The van der Waals surface area contributed by atoms with Gasteiger partial charge in [-0.05, 0) is 37.0 Å². The highest BCUT2D eigenvalue weighted by Gasteiger charge is 2.19. The fourth-order valence-electron chi connectivity index (χ4n) is 7.55. The number of rotatable bonds is 44. The Kier molecular flexibility index (Phi) is 41.3. The lowest BCUT2D eigenvalue weighted by Crippen LogP contribution is -2.30. The van der Waals surface area contributed by atoms with Crippen molar-refractivity contribution in [3.8, 4) is 0 Å². The van der Waals surface area contributed by atoms with E-state index < -0.39 is 6.10 Å². The summed E-state index contributed by atoms with van der Waals surface area (Å²) >= 11 is 0. The van der Waals surface area contributed by atoms with Crippen molar-refractivity contribution < 1.29 is 28.6 Å². The van der Waals surface area contributed by atoms with Crippen molar-refractivity contribution in [2.45, 2.75) is 279 Å². The minimum atomic E-state index is -0.763. The van der Waals surface area contributed by atoms with Crippen molar-refractivity contribution in [3.63, 3.8) is 0 Å². The van der Waals surface area contributed by atoms with Gasteiger partial charge < -0.3 is 14.2 Å². The van der Waals surface area contributed by atoms with Crippen LogP contribution in [-0.2, 0) is 28.6 Å². The summed E-state index contributed by atoms with van der Waals surface area (Å²) in [6.45, 7) is 13.7. The van der Waals surface area contributed by atoms with E-state index in [1.807, 2.05) is 0 Å². The summed E-state index contributed by atoms with van der Waals surface area (Å²) in [6, 6.07) is 0. The zero-order valence-electron chi connectivity index (χ0n) is 39.1. The molecule has 57 heavy (non-hydrogen) atoms. The predicted octanol–water partition coefficient (Wildman–Crippen LogP) is 16.0. The molecule has 0 fully saturated rings. The molecule has 0 heterocycles. The van der Waals surface area contributed by atoms with Gasteiger partial charge in [0, 0.05) is 19.3 Å². The zero-order valence-corrected chi connectivity index (χ0v) is 39.1. The Labute approximate surface area is 355 Å². The van der Waals surface area contributed by atoms with E-state index in [9.17, 15) is 14.4 Å². The third-order valence-electron chi connectivity index (χ3n) is 11.8. The molecule has 0 bridgehead atoms. The van der Waals surface area contributed by atoms with Crippen LogP contribution in [0.5, 0.6) is 0 Å². The standard InChI is InChI=1S/C51H98O6/c1-7-47(6)39-33-27-20-16-13-14-17-21-28-34-40-49(52)55-43-48(44-56-50(53)41-35-29-24-23-26-32-38-46(4)5)57-51(54)42-36-30-22-18-12-10-8-9-11-15-19-25-31-37-45(2)3/h45-48H,7-44H2,1-6H3/t47?,48-/m0/s1. The smallest absolute Gasteiger partial charge is 0.306 e. The second-order valence-corrected chi connectivity index (χ2v) is 18.6. The van der Waals surface area contributed by atoms with Crippen molar-refractivity contribution in [1.82, 2.24) is 0 Å². The highest BCUT2D eigenvalue weighted by molar-refractivity contribution is 5.71. The maximum Gasteiger partial charge on any atom is 0.306 e. The molecule has 0 aliphatic rings. The van der Waals surface area contributed by atoms with Crippen LogP contribution in [0.15, 0.2) is 0 Å². The Morgan fingerprint density at radius 3 is 0.912 bits per heavy atom. The van der Waals surface area contributed by atoms with Gasteiger partial charge >= 0.3 is 17.9 Å². The van der Waals surface area contributed by atoms with Gasteiger partial charge in [0.2, 0.25) is 0 Å². The van der Waals surface area contributed by atoms with E-state index in [1.165, 1.54) is 154 Å². The Hall–Kier alpha value is -1.59. The van der Waals surface area contributed by atoms with Crippen LogP contribution < -0.4 is 0 Å². The van der Waals surface area contributed by atoms with Crippen LogP contribution >= 0.6 is 0 Å². The molecule has 0 amide bonds. The van der Waals surface area contributed by atoms with Gasteiger partial charge in [-0.2, -0.15) is 0 Å². The maximum atomic E-state index is 12.8. The lowest BCUT2D eigenvalue weighted by molar-refractivity contribution is -0.167. The lowest BCUT2D eigenvalue weighted by atomic mass is 9.99. The number of hydrogen-bond acceptors (Lipinski definition) is 6. The van der Waals surface area contributed by atoms with Gasteiger partial charge in [-0.3, -0.25) is 14.4 Å². The first-order valence-corrected chi connectivity index (χ1v) is 25.1. The molecule has 0 saturated carbocycles. The van der Waals surface area contributed by atoms with Crippen LogP contribution in [0.1, 0.15) is 273 Å². The van der Waals surface area contributed by atoms with Crippen molar-refractivity contribution in [2.75, 3.05) is 13.2 Å². The summed E-state index contributed by atoms with van der Waals surface area (Å²) in [5, 5.41) is 0. The Morgan fingerprint density at radius 1 is 0.351 bits per heavy atom. The average molecular weight is 807 g/mol. The second kappa shape index (κ2) is 42.5. The molecule has 338 valence electrons. The first-order chi connectivity index (χ1) is 27.6. The summed E-state index contributed by atoms with van der Waals surface area (Å²) in [5.41, 5.74) is 0. The zero-order chi connectivity index (χ0) is 42.0. The summed E-state index contributed by atoms with van der Waals surface area (Å²) in [5.74, 6) is 1.61. The van der Waals surface area contributed by atoms with Gasteiger partial charge in [-0.1, -0.05) is 234 Å². The van der Waals surface area contributed by atoms with E-state index in [1.54, 1.807) is 0 Å². The largest absolute Gasteiger partial charge is 0.462 e. The highest BCUT2D eigenvalue weighted by atomic mass is 16.6. The van der Waals surface area contributed by atoms with Crippen LogP contribution in [0.4, 0.5) is 0 Å². The number of unbranched alkanes of at least 4 members (excludes halogenated alkanes) is 26. The monoisotopic (exact) mass is 807 g/mol. The van der Waals surface area contributed by atoms with Crippen molar-refractivity contribution in [1.29, 1.82) is 0 Å². The molecule has 0 aliphatic heterocycles. The van der Waals surface area contributed by atoms with E-state index in [2.05, 4.69) is 41.5 Å². The molecule has 6 heteroatoms. The maximum absolute atomic E-state index is 12.8. The van der Waals surface area contributed by atoms with Gasteiger partial charge in [0.15, 0.2) is 6.10 Å². The minimum Gasteiger partial charge on any atom is -0.462 e. The summed E-state index contributed by atoms with van der Waals surface area (Å²) in [7, 11) is 0. The number of hydrogen-bond donors (Lipinski definition) is 0. The minimum absolute atomic E-state index is 0.0658. The first kappa shape index (κ1) is 55.4. The van der Waals surface area contributed by atoms with Crippen LogP contribution in [0.2, 0.25) is 0 Å². The molecular formula is C51H98O6. The highest BCUT2D eigenvalue weighted by Crippen LogP contribution is 2.18. The molecule has 1 unspecified atom stereocenters. The predicted molar refractivity (Wildman–Crippen MR) is 243 cm³/mol. The lowest BCUT2D eigenvalue weighted by Gasteiger charge is -2.18. The molecular weight excluding hydrogens is 709 g/mol. The quantitative estimate of drug-likeness (QED) is 0.0347. The molecule has 0 aromatic carbocycles. The van der Waals surface area contributed by atoms with Gasteiger partial charge in [-0.15, -0.1) is 0 Å². The van der Waals surface area contributed by atoms with Crippen molar-refractivity contribution in [3.05, 3.63) is 0 Å². The van der Waals surface area contributed by atoms with Gasteiger partial charge in [-0.25, -0.2) is 0 Å². The van der Waals surface area contributed by atoms with Crippen LogP contribution in [0, 0.1) is 17.8 Å². The summed E-state index contributed by atoms with van der Waals surface area (Å²) in [4.78, 5) is 37.8. The number of carbonyl (C=O) groups is 3. The third kappa shape index (κ3) is 43.8. The molecule has 0 N–H and O–H groups in total. The average Bonchev–Trinajstić information content (AvgIpc) is 3.18. The molecule has 0 rings (SSSR count). The number of ether oxygens (including phenoxy) is 3. The Balaban J connectivity index is 4.30. The summed E-state index contributed by atoms with van der Waals surface area (Å²) < 4.78 is 16.8. The van der Waals surface area contributed by atoms with E-state index in [0.717, 1.165) is 75.5 Å². The molecule has 6 nitrogen and oxygen atoms in total. The van der Waals surface area contributed by atoms with E-state index >= 15 is 0 Å². The molecule has 0 aromatic heterocycles. The van der Waals surface area contributed by atoms with Gasteiger partial charge in [0.1, 0.15) is 13.2 Å². The molecule has 0 radical (unpaired) electrons. The molecule has 0 spiro atoms. The van der Waals surface area contributed by atoms with E-state index in [0.29, 0.717) is 19.3 Å². The molecule has 0 saturated heterocycles. The van der Waals surface area contributed by atoms with Crippen LogP contribution in [-0.4, -0.2) is 37.2 Å². The normalized spacial score (nSPS) is 12.6. The van der Waals surface area contributed by atoms with Crippen LogP contribution in [0.3, 0.4) is 0 Å². The van der Waals surface area contributed by atoms with Crippen LogP contribution in [0.25, 0.3) is 0 Å². The molecule has 0 aliphatic carbocycles. The van der Waals surface area contributed by atoms with E-state index in [-0.39, 0.29) is 31.1 Å². The van der Waals surface area contributed by atoms with Crippen molar-refractivity contribution >= 4 is 17.9 Å². The molecule has 2 atom stereocenters. The van der Waals surface area contributed by atoms with Crippen molar-refractivity contribution in [2.24, 2.45) is 17.8 Å². The third-order valence-corrected chi connectivity index (χ3v) is 11.8. The Morgan fingerprint density at radius 2 is 0.614 bits per heavy atom. The number of esters is 3. The second-order valence-electron chi connectivity index (χ2n) is 18.6. The fourth-order valence-corrected chi connectivity index (χ4v) is 7.55. The fraction of sp³-hybridized carbons (Fsp3) is 0.941.